The topological polar surface area (TPSA) is 108 Å². The van der Waals surface area contributed by atoms with Crippen LogP contribution in [0.1, 0.15) is 19.4 Å². The number of amides is 1. The van der Waals surface area contributed by atoms with Crippen LogP contribution in [0.5, 0.6) is 11.5 Å². The summed E-state index contributed by atoms with van der Waals surface area (Å²) >= 11 is 2.53. The molecule has 1 amide bonds. The minimum atomic E-state index is -0.572. The highest BCUT2D eigenvalue weighted by Crippen LogP contribution is 2.28. The van der Waals surface area contributed by atoms with Crippen molar-refractivity contribution in [3.63, 3.8) is 0 Å². The van der Waals surface area contributed by atoms with Gasteiger partial charge in [-0.2, -0.15) is 14.6 Å². The molecule has 0 bridgehead atoms. The fourth-order valence-corrected chi connectivity index (χ4v) is 3.09. The van der Waals surface area contributed by atoms with Gasteiger partial charge >= 0.3 is 0 Å². The summed E-state index contributed by atoms with van der Waals surface area (Å²) in [4.78, 5) is 16.4. The van der Waals surface area contributed by atoms with Gasteiger partial charge in [0.15, 0.2) is 11.5 Å². The number of thioether (sulfide) groups is 1. The van der Waals surface area contributed by atoms with Crippen molar-refractivity contribution in [3.05, 3.63) is 29.3 Å². The molecular weight excluding hydrogens is 360 g/mol. The van der Waals surface area contributed by atoms with Crippen LogP contribution in [0.3, 0.4) is 0 Å². The Morgan fingerprint density at radius 1 is 1.52 bits per heavy atom. The predicted octanol–water partition coefficient (Wildman–Crippen LogP) is 3.30. The third-order valence-electron chi connectivity index (χ3n) is 2.86. The SMILES string of the molecule is CCOc1cc(C=C(C#N)C(=O)Nc2nc(SCC)ns2)ccc1O. The molecule has 130 valence electrons. The molecule has 1 heterocycles. The second-order valence-corrected chi connectivity index (χ2v) is 6.58. The molecule has 0 saturated heterocycles. The Hall–Kier alpha value is -2.57. The molecule has 0 unspecified atom stereocenters. The number of carbonyl (C=O) groups is 1. The predicted molar refractivity (Wildman–Crippen MR) is 97.8 cm³/mol. The third-order valence-corrected chi connectivity index (χ3v) is 4.34. The molecule has 1 aromatic heterocycles. The van der Waals surface area contributed by atoms with E-state index in [4.69, 9.17) is 4.74 Å². The number of hydrogen-bond acceptors (Lipinski definition) is 8. The molecule has 0 fully saturated rings. The Morgan fingerprint density at radius 3 is 3.00 bits per heavy atom. The number of aromatic nitrogens is 2. The molecule has 9 heteroatoms. The zero-order valence-corrected chi connectivity index (χ0v) is 15.3. The largest absolute Gasteiger partial charge is 0.504 e. The van der Waals surface area contributed by atoms with Crippen LogP contribution in [0.25, 0.3) is 6.08 Å². The van der Waals surface area contributed by atoms with Crippen LogP contribution >= 0.6 is 23.3 Å². The Morgan fingerprint density at radius 2 is 2.32 bits per heavy atom. The molecule has 2 N–H and O–H groups in total. The highest BCUT2D eigenvalue weighted by Gasteiger charge is 2.13. The zero-order valence-electron chi connectivity index (χ0n) is 13.6. The van der Waals surface area contributed by atoms with E-state index in [0.29, 0.717) is 28.2 Å². The standard InChI is InChI=1S/C16H16N4O3S2/c1-3-23-13-8-10(5-6-12(13)21)7-11(9-17)14(22)18-15-19-16(20-25-15)24-4-2/h5-8,21H,3-4H2,1-2H3,(H,18,19,20,22). The Balaban J connectivity index is 2.17. The number of nitriles is 1. The Labute approximate surface area is 153 Å². The second-order valence-electron chi connectivity index (χ2n) is 4.60. The molecule has 25 heavy (non-hydrogen) atoms. The zero-order chi connectivity index (χ0) is 18.2. The van der Waals surface area contributed by atoms with Crippen molar-refractivity contribution >= 4 is 40.4 Å². The van der Waals surface area contributed by atoms with Crippen LogP contribution in [0.15, 0.2) is 28.9 Å². The number of nitrogens with zero attached hydrogens (tertiary/aromatic N) is 3. The van der Waals surface area contributed by atoms with Crippen LogP contribution in [0.2, 0.25) is 0 Å². The lowest BCUT2D eigenvalue weighted by Crippen LogP contribution is -2.13. The van der Waals surface area contributed by atoms with Gasteiger partial charge in [-0.25, -0.2) is 0 Å². The lowest BCUT2D eigenvalue weighted by molar-refractivity contribution is -0.112. The van der Waals surface area contributed by atoms with Crippen LogP contribution < -0.4 is 10.1 Å². The number of aromatic hydroxyl groups is 1. The van der Waals surface area contributed by atoms with Crippen LogP contribution in [-0.2, 0) is 4.79 Å². The molecule has 2 aromatic rings. The van der Waals surface area contributed by atoms with Gasteiger partial charge in [-0.15, -0.1) is 0 Å². The lowest BCUT2D eigenvalue weighted by Gasteiger charge is -2.06. The maximum absolute atomic E-state index is 12.2. The van der Waals surface area contributed by atoms with Gasteiger partial charge in [0, 0.05) is 11.5 Å². The highest BCUT2D eigenvalue weighted by molar-refractivity contribution is 7.99. The normalized spacial score (nSPS) is 11.0. The van der Waals surface area contributed by atoms with Gasteiger partial charge < -0.3 is 9.84 Å². The average Bonchev–Trinajstić information content (AvgIpc) is 3.03. The number of ether oxygens (including phenoxy) is 1. The van der Waals surface area contributed by atoms with E-state index in [9.17, 15) is 15.2 Å². The van der Waals surface area contributed by atoms with E-state index in [-0.39, 0.29) is 11.3 Å². The van der Waals surface area contributed by atoms with Crippen molar-refractivity contribution in [1.29, 1.82) is 5.26 Å². The summed E-state index contributed by atoms with van der Waals surface area (Å²) in [5, 5.41) is 22.4. The van der Waals surface area contributed by atoms with Gasteiger partial charge in [-0.3, -0.25) is 10.1 Å². The van der Waals surface area contributed by atoms with Crippen molar-refractivity contribution < 1.29 is 14.6 Å². The van der Waals surface area contributed by atoms with Gasteiger partial charge in [0.25, 0.3) is 5.91 Å². The van der Waals surface area contributed by atoms with E-state index >= 15 is 0 Å². The highest BCUT2D eigenvalue weighted by atomic mass is 32.2. The molecular formula is C16H16N4O3S2. The summed E-state index contributed by atoms with van der Waals surface area (Å²) in [5.41, 5.74) is 0.473. The number of phenols is 1. The molecule has 0 aliphatic carbocycles. The van der Waals surface area contributed by atoms with Gasteiger partial charge in [-0.1, -0.05) is 24.8 Å². The molecule has 0 atom stereocenters. The van der Waals surface area contributed by atoms with Gasteiger partial charge in [0.05, 0.1) is 6.61 Å². The van der Waals surface area contributed by atoms with Crippen molar-refractivity contribution in [2.24, 2.45) is 0 Å². The second kappa shape index (κ2) is 9.05. The van der Waals surface area contributed by atoms with Gasteiger partial charge in [0.2, 0.25) is 10.3 Å². The maximum Gasteiger partial charge on any atom is 0.268 e. The summed E-state index contributed by atoms with van der Waals surface area (Å²) in [6.07, 6.45) is 1.42. The number of rotatable bonds is 7. The van der Waals surface area contributed by atoms with E-state index in [1.54, 1.807) is 19.1 Å². The summed E-state index contributed by atoms with van der Waals surface area (Å²) in [6, 6.07) is 6.46. The van der Waals surface area contributed by atoms with Crippen LogP contribution in [0, 0.1) is 11.3 Å². The number of nitrogens with one attached hydrogen (secondary N) is 1. The number of anilines is 1. The Bertz CT molecular complexity index is 827. The van der Waals surface area contributed by atoms with Crippen LogP contribution in [-0.4, -0.2) is 32.7 Å². The van der Waals surface area contributed by atoms with Crippen LogP contribution in [0.4, 0.5) is 5.13 Å². The number of phenolic OH excluding ortho intramolecular Hbond substituents is 1. The minimum Gasteiger partial charge on any atom is -0.504 e. The summed E-state index contributed by atoms with van der Waals surface area (Å²) < 4.78 is 9.39. The molecule has 0 aliphatic heterocycles. The fourth-order valence-electron chi connectivity index (χ4n) is 1.82. The first-order chi connectivity index (χ1) is 12.1. The van der Waals surface area contributed by atoms with E-state index in [1.165, 1.54) is 23.9 Å². The molecule has 0 spiro atoms. The third kappa shape index (κ3) is 5.20. The fraction of sp³-hybridized carbons (Fsp3) is 0.250. The monoisotopic (exact) mass is 376 g/mol. The van der Waals surface area contributed by atoms with Crippen molar-refractivity contribution in [1.82, 2.24) is 9.36 Å². The first kappa shape index (κ1) is 18.8. The van der Waals surface area contributed by atoms with Gasteiger partial charge in [0.1, 0.15) is 11.6 Å². The summed E-state index contributed by atoms with van der Waals surface area (Å²) in [5.74, 6) is 0.546. The van der Waals surface area contributed by atoms with Crippen molar-refractivity contribution in [3.8, 4) is 17.6 Å². The number of carbonyl (C=O) groups excluding carboxylic acids is 1. The van der Waals surface area contributed by atoms with E-state index in [2.05, 4.69) is 14.7 Å². The molecule has 0 aliphatic rings. The van der Waals surface area contributed by atoms with Crippen molar-refractivity contribution in [2.75, 3.05) is 17.7 Å². The molecule has 7 nitrogen and oxygen atoms in total. The first-order valence-electron chi connectivity index (χ1n) is 7.42. The van der Waals surface area contributed by atoms with Gasteiger partial charge in [-0.05, 0) is 36.4 Å². The summed E-state index contributed by atoms with van der Waals surface area (Å²) in [6.45, 7) is 4.17. The first-order valence-corrected chi connectivity index (χ1v) is 9.18. The minimum absolute atomic E-state index is 0.00299. The molecule has 0 saturated carbocycles. The van der Waals surface area contributed by atoms with Crippen molar-refractivity contribution in [2.45, 2.75) is 19.0 Å². The Kier molecular flexibility index (Phi) is 6.80. The smallest absolute Gasteiger partial charge is 0.268 e. The molecule has 0 radical (unpaired) electrons. The average molecular weight is 376 g/mol. The van der Waals surface area contributed by atoms with E-state index in [0.717, 1.165) is 17.3 Å². The summed E-state index contributed by atoms with van der Waals surface area (Å²) in [7, 11) is 0. The van der Waals surface area contributed by atoms with E-state index in [1.807, 2.05) is 13.0 Å². The molecule has 1 aromatic carbocycles. The van der Waals surface area contributed by atoms with E-state index < -0.39 is 5.91 Å². The number of hydrogen-bond donors (Lipinski definition) is 2. The quantitative estimate of drug-likeness (QED) is 0.433. The maximum atomic E-state index is 12.2. The number of benzene rings is 1. The lowest BCUT2D eigenvalue weighted by atomic mass is 10.1. The molecule has 2 rings (SSSR count).